The fourth-order valence-electron chi connectivity index (χ4n) is 1.40. The zero-order chi connectivity index (χ0) is 13.4. The van der Waals surface area contributed by atoms with Crippen molar-refractivity contribution in [1.29, 1.82) is 0 Å². The SMILES string of the molecule is CCCCSC1=CC(=O)C(SCCCC)=CC1=O. The van der Waals surface area contributed by atoms with Gasteiger partial charge in [0.2, 0.25) is 0 Å². The molecule has 0 heterocycles. The Hall–Kier alpha value is -0.480. The maximum absolute atomic E-state index is 11.8. The van der Waals surface area contributed by atoms with Crippen molar-refractivity contribution >= 4 is 35.1 Å². The molecule has 1 aliphatic rings. The molecule has 0 aromatic carbocycles. The van der Waals surface area contributed by atoms with E-state index in [4.69, 9.17) is 0 Å². The predicted molar refractivity (Wildman–Crippen MR) is 80.9 cm³/mol. The van der Waals surface area contributed by atoms with Crippen LogP contribution < -0.4 is 0 Å². The maximum atomic E-state index is 11.8. The van der Waals surface area contributed by atoms with E-state index in [1.807, 2.05) is 0 Å². The van der Waals surface area contributed by atoms with Crippen LogP contribution in [0.15, 0.2) is 22.0 Å². The smallest absolute Gasteiger partial charge is 0.193 e. The summed E-state index contributed by atoms with van der Waals surface area (Å²) in [5.41, 5.74) is 0. The summed E-state index contributed by atoms with van der Waals surface area (Å²) in [6.45, 7) is 4.23. The highest BCUT2D eigenvalue weighted by Gasteiger charge is 2.20. The summed E-state index contributed by atoms with van der Waals surface area (Å²) in [5.74, 6) is 1.81. The molecular formula is C14H20O2S2. The lowest BCUT2D eigenvalue weighted by Gasteiger charge is -2.11. The number of unbranched alkanes of at least 4 members (excludes halogenated alkanes) is 2. The molecular weight excluding hydrogens is 264 g/mol. The number of carbonyl (C=O) groups excluding carboxylic acids is 2. The van der Waals surface area contributed by atoms with Crippen molar-refractivity contribution in [2.75, 3.05) is 11.5 Å². The van der Waals surface area contributed by atoms with Gasteiger partial charge in [0, 0.05) is 12.2 Å². The van der Waals surface area contributed by atoms with Gasteiger partial charge in [0.05, 0.1) is 9.81 Å². The standard InChI is InChI=1S/C14H20O2S2/c1-3-5-7-17-13-9-12(16)14(10-11(13)15)18-8-6-4-2/h9-10H,3-8H2,1-2H3. The molecule has 0 fully saturated rings. The number of rotatable bonds is 8. The highest BCUT2D eigenvalue weighted by atomic mass is 32.2. The van der Waals surface area contributed by atoms with E-state index in [1.165, 1.54) is 35.7 Å². The second kappa shape index (κ2) is 8.59. The van der Waals surface area contributed by atoms with E-state index in [9.17, 15) is 9.59 Å². The average Bonchev–Trinajstić information content (AvgIpc) is 2.35. The molecule has 2 nitrogen and oxygen atoms in total. The van der Waals surface area contributed by atoms with E-state index in [-0.39, 0.29) is 11.6 Å². The first-order valence-corrected chi connectivity index (χ1v) is 8.43. The van der Waals surface area contributed by atoms with Crippen molar-refractivity contribution in [2.24, 2.45) is 0 Å². The zero-order valence-electron chi connectivity index (χ0n) is 11.0. The number of thioether (sulfide) groups is 2. The Kier molecular flexibility index (Phi) is 7.44. The summed E-state index contributed by atoms with van der Waals surface area (Å²) in [5, 5.41) is 0. The molecule has 4 heteroatoms. The summed E-state index contributed by atoms with van der Waals surface area (Å²) >= 11 is 3.00. The van der Waals surface area contributed by atoms with Crippen molar-refractivity contribution < 1.29 is 9.59 Å². The molecule has 0 aromatic rings. The van der Waals surface area contributed by atoms with E-state index in [2.05, 4.69) is 13.8 Å². The van der Waals surface area contributed by atoms with Crippen LogP contribution in [-0.4, -0.2) is 23.1 Å². The third-order valence-electron chi connectivity index (χ3n) is 2.52. The number of hydrogen-bond donors (Lipinski definition) is 0. The van der Waals surface area contributed by atoms with Crippen LogP contribution >= 0.6 is 23.5 Å². The van der Waals surface area contributed by atoms with Gasteiger partial charge in [-0.25, -0.2) is 0 Å². The lowest BCUT2D eigenvalue weighted by molar-refractivity contribution is -0.114. The Labute approximate surface area is 118 Å². The van der Waals surface area contributed by atoms with Gasteiger partial charge in [-0.05, 0) is 24.3 Å². The molecule has 100 valence electrons. The molecule has 0 bridgehead atoms. The molecule has 0 amide bonds. The molecule has 0 radical (unpaired) electrons. The van der Waals surface area contributed by atoms with Crippen LogP contribution in [-0.2, 0) is 9.59 Å². The molecule has 0 aromatic heterocycles. The summed E-state index contributed by atoms with van der Waals surface area (Å²) < 4.78 is 0. The van der Waals surface area contributed by atoms with Gasteiger partial charge < -0.3 is 0 Å². The monoisotopic (exact) mass is 284 g/mol. The van der Waals surface area contributed by atoms with E-state index < -0.39 is 0 Å². The third-order valence-corrected chi connectivity index (χ3v) is 4.77. The molecule has 0 spiro atoms. The lowest BCUT2D eigenvalue weighted by Crippen LogP contribution is -2.10. The van der Waals surface area contributed by atoms with Crippen LogP contribution in [0.3, 0.4) is 0 Å². The van der Waals surface area contributed by atoms with Gasteiger partial charge in [-0.3, -0.25) is 9.59 Å². The Morgan fingerprint density at radius 2 is 1.22 bits per heavy atom. The Morgan fingerprint density at radius 1 is 0.833 bits per heavy atom. The maximum Gasteiger partial charge on any atom is 0.193 e. The van der Waals surface area contributed by atoms with Crippen LogP contribution in [0.4, 0.5) is 0 Å². The largest absolute Gasteiger partial charge is 0.289 e. The van der Waals surface area contributed by atoms with Gasteiger partial charge in [0.1, 0.15) is 0 Å². The summed E-state index contributed by atoms with van der Waals surface area (Å²) in [7, 11) is 0. The van der Waals surface area contributed by atoms with Crippen LogP contribution in [0.1, 0.15) is 39.5 Å². The van der Waals surface area contributed by atoms with Gasteiger partial charge in [-0.1, -0.05) is 26.7 Å². The Balaban J connectivity index is 2.51. The lowest BCUT2D eigenvalue weighted by atomic mass is 10.2. The minimum atomic E-state index is -0.00491. The molecule has 0 saturated heterocycles. The fourth-order valence-corrected chi connectivity index (χ4v) is 3.49. The Morgan fingerprint density at radius 3 is 1.56 bits per heavy atom. The van der Waals surface area contributed by atoms with Gasteiger partial charge >= 0.3 is 0 Å². The molecule has 0 unspecified atom stereocenters. The summed E-state index contributed by atoms with van der Waals surface area (Å²) in [6, 6.07) is 0. The minimum absolute atomic E-state index is 0.00491. The van der Waals surface area contributed by atoms with Crippen molar-refractivity contribution in [3.63, 3.8) is 0 Å². The van der Waals surface area contributed by atoms with Crippen LogP contribution in [0.25, 0.3) is 0 Å². The molecule has 1 rings (SSSR count). The fraction of sp³-hybridized carbons (Fsp3) is 0.571. The molecule has 18 heavy (non-hydrogen) atoms. The number of ketones is 2. The van der Waals surface area contributed by atoms with Crippen molar-refractivity contribution in [3.05, 3.63) is 22.0 Å². The topological polar surface area (TPSA) is 34.1 Å². The van der Waals surface area contributed by atoms with E-state index in [0.29, 0.717) is 9.81 Å². The zero-order valence-corrected chi connectivity index (χ0v) is 12.7. The van der Waals surface area contributed by atoms with Gasteiger partial charge in [0.25, 0.3) is 0 Å². The third kappa shape index (κ3) is 5.02. The first kappa shape index (κ1) is 15.6. The number of allylic oxidation sites excluding steroid dienone is 4. The predicted octanol–water partition coefficient (Wildman–Crippen LogP) is 3.97. The van der Waals surface area contributed by atoms with E-state index in [0.717, 1.165) is 37.2 Å². The summed E-state index contributed by atoms with van der Waals surface area (Å²) in [4.78, 5) is 24.9. The van der Waals surface area contributed by atoms with Gasteiger partial charge in [-0.15, -0.1) is 23.5 Å². The summed E-state index contributed by atoms with van der Waals surface area (Å²) in [6.07, 6.45) is 7.39. The normalized spacial score (nSPS) is 15.7. The second-order valence-electron chi connectivity index (χ2n) is 4.15. The van der Waals surface area contributed by atoms with Crippen LogP contribution in [0.5, 0.6) is 0 Å². The number of hydrogen-bond acceptors (Lipinski definition) is 4. The molecule has 0 aliphatic heterocycles. The van der Waals surface area contributed by atoms with Crippen molar-refractivity contribution in [2.45, 2.75) is 39.5 Å². The first-order chi connectivity index (χ1) is 8.69. The molecule has 0 atom stereocenters. The van der Waals surface area contributed by atoms with Crippen molar-refractivity contribution in [1.82, 2.24) is 0 Å². The van der Waals surface area contributed by atoms with E-state index >= 15 is 0 Å². The molecule has 0 N–H and O–H groups in total. The second-order valence-corrected chi connectivity index (χ2v) is 6.42. The number of carbonyl (C=O) groups is 2. The molecule has 1 aliphatic carbocycles. The van der Waals surface area contributed by atoms with Gasteiger partial charge in [-0.2, -0.15) is 0 Å². The van der Waals surface area contributed by atoms with Gasteiger partial charge in [0.15, 0.2) is 11.6 Å². The van der Waals surface area contributed by atoms with Crippen LogP contribution in [0, 0.1) is 0 Å². The average molecular weight is 284 g/mol. The van der Waals surface area contributed by atoms with E-state index in [1.54, 1.807) is 0 Å². The Bertz CT molecular complexity index is 334. The van der Waals surface area contributed by atoms with Crippen LogP contribution in [0.2, 0.25) is 0 Å². The quantitative estimate of drug-likeness (QED) is 0.499. The van der Waals surface area contributed by atoms with Crippen molar-refractivity contribution in [3.8, 4) is 0 Å². The highest BCUT2D eigenvalue weighted by molar-refractivity contribution is 8.04. The minimum Gasteiger partial charge on any atom is -0.289 e. The first-order valence-electron chi connectivity index (χ1n) is 6.46. The highest BCUT2D eigenvalue weighted by Crippen LogP contribution is 2.28. The molecule has 0 saturated carbocycles.